The minimum Gasteiger partial charge on any atom is -0.347 e. The van der Waals surface area contributed by atoms with E-state index in [-0.39, 0.29) is 0 Å². The van der Waals surface area contributed by atoms with Crippen LogP contribution in [-0.4, -0.2) is 16.0 Å². The molecular formula is C7H9N3O. The smallest absolute Gasteiger partial charge is 0.235 e. The van der Waals surface area contributed by atoms with E-state index in [9.17, 15) is 4.79 Å². The highest BCUT2D eigenvalue weighted by Gasteiger charge is 2.21. The molecule has 4 nitrogen and oxygen atoms in total. The minimum absolute atomic E-state index is 0.592. The van der Waals surface area contributed by atoms with Crippen molar-refractivity contribution in [1.29, 1.82) is 0 Å². The fraction of sp³-hybridized carbons (Fsp3) is 0.429. The molecule has 0 aliphatic rings. The van der Waals surface area contributed by atoms with Crippen LogP contribution in [0.3, 0.4) is 0 Å². The molecule has 1 N–H and O–H groups in total. The highest BCUT2D eigenvalue weighted by atomic mass is 16.1. The third-order valence-electron chi connectivity index (χ3n) is 1.40. The summed E-state index contributed by atoms with van der Waals surface area (Å²) < 4.78 is 0. The monoisotopic (exact) mass is 151 g/mol. The van der Waals surface area contributed by atoms with Crippen LogP contribution < -0.4 is 0 Å². The second-order valence-corrected chi connectivity index (χ2v) is 2.70. The number of nitrogens with zero attached hydrogens (tertiary/aromatic N) is 2. The van der Waals surface area contributed by atoms with Crippen molar-refractivity contribution >= 4 is 6.08 Å². The predicted octanol–water partition coefficient (Wildman–Crippen LogP) is 0.981. The summed E-state index contributed by atoms with van der Waals surface area (Å²) in [4.78, 5) is 20.4. The number of aromatic amines is 1. The van der Waals surface area contributed by atoms with Gasteiger partial charge in [0.25, 0.3) is 0 Å². The van der Waals surface area contributed by atoms with Crippen LogP contribution >= 0.6 is 0 Å². The predicted molar refractivity (Wildman–Crippen MR) is 39.7 cm³/mol. The van der Waals surface area contributed by atoms with Gasteiger partial charge in [0.2, 0.25) is 6.08 Å². The van der Waals surface area contributed by atoms with Gasteiger partial charge in [-0.15, -0.1) is 0 Å². The molecule has 0 amide bonds. The van der Waals surface area contributed by atoms with E-state index in [1.165, 1.54) is 6.08 Å². The SMILES string of the molecule is CC(C)(N=C=O)c1ncc[nH]1. The summed E-state index contributed by atoms with van der Waals surface area (Å²) in [5.41, 5.74) is -0.592. The Morgan fingerprint density at radius 1 is 1.73 bits per heavy atom. The fourth-order valence-corrected chi connectivity index (χ4v) is 0.767. The lowest BCUT2D eigenvalue weighted by Crippen LogP contribution is -2.15. The van der Waals surface area contributed by atoms with Crippen molar-refractivity contribution in [2.24, 2.45) is 4.99 Å². The highest BCUT2D eigenvalue weighted by molar-refractivity contribution is 5.35. The number of hydrogen-bond acceptors (Lipinski definition) is 3. The number of isocyanates is 1. The van der Waals surface area contributed by atoms with Gasteiger partial charge in [-0.05, 0) is 13.8 Å². The van der Waals surface area contributed by atoms with Crippen molar-refractivity contribution in [3.63, 3.8) is 0 Å². The van der Waals surface area contributed by atoms with E-state index in [1.54, 1.807) is 26.2 Å². The molecule has 4 heteroatoms. The molecule has 0 bridgehead atoms. The van der Waals surface area contributed by atoms with Gasteiger partial charge in [-0.1, -0.05) is 0 Å². The Balaban J connectivity index is 2.99. The first-order valence-electron chi connectivity index (χ1n) is 3.26. The molecule has 0 aromatic carbocycles. The van der Waals surface area contributed by atoms with Crippen LogP contribution in [0.25, 0.3) is 0 Å². The number of imidazole rings is 1. The second kappa shape index (κ2) is 2.68. The molecule has 0 saturated carbocycles. The van der Waals surface area contributed by atoms with E-state index in [1.807, 2.05) is 0 Å². The first-order chi connectivity index (χ1) is 5.17. The normalized spacial score (nSPS) is 10.7. The number of nitrogens with one attached hydrogen (secondary N) is 1. The number of aromatic nitrogens is 2. The van der Waals surface area contributed by atoms with Crippen LogP contribution in [0.2, 0.25) is 0 Å². The lowest BCUT2D eigenvalue weighted by atomic mass is 10.1. The molecule has 58 valence electrons. The van der Waals surface area contributed by atoms with Gasteiger partial charge in [0.15, 0.2) is 0 Å². The zero-order valence-electron chi connectivity index (χ0n) is 6.46. The Bertz CT molecular complexity index is 270. The van der Waals surface area contributed by atoms with Crippen molar-refractivity contribution in [2.45, 2.75) is 19.4 Å². The molecule has 0 spiro atoms. The van der Waals surface area contributed by atoms with Gasteiger partial charge in [0, 0.05) is 12.4 Å². The zero-order valence-corrected chi connectivity index (χ0v) is 6.46. The average Bonchev–Trinajstić information content (AvgIpc) is 2.37. The number of carbonyl (C=O) groups excluding carboxylic acids is 1. The largest absolute Gasteiger partial charge is 0.347 e. The maximum atomic E-state index is 9.98. The molecule has 1 rings (SSSR count). The third-order valence-corrected chi connectivity index (χ3v) is 1.40. The second-order valence-electron chi connectivity index (χ2n) is 2.70. The van der Waals surface area contributed by atoms with E-state index in [2.05, 4.69) is 15.0 Å². The van der Waals surface area contributed by atoms with Crippen LogP contribution in [0.4, 0.5) is 0 Å². The van der Waals surface area contributed by atoms with E-state index in [0.717, 1.165) is 0 Å². The van der Waals surface area contributed by atoms with Crippen molar-refractivity contribution in [1.82, 2.24) is 9.97 Å². The number of aliphatic imine (C=N–C) groups is 1. The molecule has 0 atom stereocenters. The van der Waals surface area contributed by atoms with Crippen LogP contribution in [0, 0.1) is 0 Å². The number of hydrogen-bond donors (Lipinski definition) is 1. The topological polar surface area (TPSA) is 58.1 Å². The molecule has 1 heterocycles. The molecule has 11 heavy (non-hydrogen) atoms. The maximum absolute atomic E-state index is 9.98. The van der Waals surface area contributed by atoms with Gasteiger partial charge in [0.05, 0.1) is 0 Å². The Morgan fingerprint density at radius 2 is 2.45 bits per heavy atom. The molecule has 0 fully saturated rings. The Labute approximate surface area is 64.4 Å². The van der Waals surface area contributed by atoms with E-state index in [4.69, 9.17) is 0 Å². The Kier molecular flexibility index (Phi) is 1.87. The van der Waals surface area contributed by atoms with E-state index < -0.39 is 5.54 Å². The quantitative estimate of drug-likeness (QED) is 0.506. The molecule has 1 aromatic heterocycles. The Hall–Kier alpha value is -1.41. The molecular weight excluding hydrogens is 142 g/mol. The number of rotatable bonds is 2. The van der Waals surface area contributed by atoms with E-state index in [0.29, 0.717) is 5.82 Å². The summed E-state index contributed by atoms with van der Waals surface area (Å²) in [6, 6.07) is 0. The van der Waals surface area contributed by atoms with Gasteiger partial charge in [-0.2, -0.15) is 4.99 Å². The van der Waals surface area contributed by atoms with Crippen molar-refractivity contribution in [3.05, 3.63) is 18.2 Å². The van der Waals surface area contributed by atoms with Crippen molar-refractivity contribution < 1.29 is 4.79 Å². The van der Waals surface area contributed by atoms with Crippen molar-refractivity contribution in [2.75, 3.05) is 0 Å². The Morgan fingerprint density at radius 3 is 2.91 bits per heavy atom. The van der Waals surface area contributed by atoms with Gasteiger partial charge >= 0.3 is 0 Å². The molecule has 0 unspecified atom stereocenters. The van der Waals surface area contributed by atoms with Crippen LogP contribution in [0.5, 0.6) is 0 Å². The minimum atomic E-state index is -0.592. The summed E-state index contributed by atoms with van der Waals surface area (Å²) in [5.74, 6) is 0.667. The van der Waals surface area contributed by atoms with Crippen LogP contribution in [0.1, 0.15) is 19.7 Å². The molecule has 1 aromatic rings. The standard InChI is InChI=1S/C7H9N3O/c1-7(2,10-5-11)6-8-3-4-9-6/h3-4H,1-2H3,(H,8,9). The average molecular weight is 151 g/mol. The summed E-state index contributed by atoms with van der Waals surface area (Å²) in [5, 5.41) is 0. The molecule has 0 saturated heterocycles. The van der Waals surface area contributed by atoms with Crippen LogP contribution in [0.15, 0.2) is 17.4 Å². The van der Waals surface area contributed by atoms with Crippen LogP contribution in [-0.2, 0) is 10.3 Å². The third kappa shape index (κ3) is 1.53. The van der Waals surface area contributed by atoms with Gasteiger partial charge < -0.3 is 4.98 Å². The first-order valence-corrected chi connectivity index (χ1v) is 3.26. The summed E-state index contributed by atoms with van der Waals surface area (Å²) in [7, 11) is 0. The molecule has 0 aliphatic carbocycles. The van der Waals surface area contributed by atoms with Gasteiger partial charge in [-0.3, -0.25) is 0 Å². The summed E-state index contributed by atoms with van der Waals surface area (Å²) in [6.07, 6.45) is 4.83. The fourth-order valence-electron chi connectivity index (χ4n) is 0.767. The van der Waals surface area contributed by atoms with Gasteiger partial charge in [-0.25, -0.2) is 9.78 Å². The lowest BCUT2D eigenvalue weighted by Gasteiger charge is -2.12. The van der Waals surface area contributed by atoms with E-state index >= 15 is 0 Å². The van der Waals surface area contributed by atoms with Gasteiger partial charge in [0.1, 0.15) is 11.4 Å². The number of H-pyrrole nitrogens is 1. The summed E-state index contributed by atoms with van der Waals surface area (Å²) in [6.45, 7) is 3.58. The lowest BCUT2D eigenvalue weighted by molar-refractivity contribution is 0.503. The molecule has 0 radical (unpaired) electrons. The molecule has 0 aliphatic heterocycles. The highest BCUT2D eigenvalue weighted by Crippen LogP contribution is 2.19. The maximum Gasteiger partial charge on any atom is 0.235 e. The summed E-state index contributed by atoms with van der Waals surface area (Å²) >= 11 is 0. The zero-order chi connectivity index (χ0) is 8.32. The first kappa shape index (κ1) is 7.69. The van der Waals surface area contributed by atoms with Crippen molar-refractivity contribution in [3.8, 4) is 0 Å².